The molecule has 5 nitrogen and oxygen atoms in total. The fourth-order valence-electron chi connectivity index (χ4n) is 5.23. The molecule has 3 aromatic heterocycles. The molecule has 0 aliphatic heterocycles. The number of aromatic amines is 3. The molecule has 0 saturated heterocycles. The van der Waals surface area contributed by atoms with Crippen molar-refractivity contribution in [3.8, 4) is 5.75 Å². The van der Waals surface area contributed by atoms with Crippen molar-refractivity contribution in [1.82, 2.24) is 20.3 Å². The first kappa shape index (κ1) is 20.9. The summed E-state index contributed by atoms with van der Waals surface area (Å²) in [6, 6.07) is 19.3. The number of halogens is 1. The molecule has 4 N–H and O–H groups in total. The standard InChI is InChI=1S/C29H27ClN4O/c30-19-7-9-26-22(14-19)24-15-23-21-13-18(17-4-5-17)6-8-25(21)33-27(23)29(28(24)34-26)35-12-2-10-31-16-20-3-1-11-32-20/h1,3,6-9,11,13-15,17,31-34H,2,4-5,10,12,16H2. The van der Waals surface area contributed by atoms with Crippen LogP contribution in [0.3, 0.4) is 0 Å². The molecule has 0 spiro atoms. The summed E-state index contributed by atoms with van der Waals surface area (Å²) in [4.78, 5) is 10.5. The summed E-state index contributed by atoms with van der Waals surface area (Å²) in [5, 5.41) is 8.96. The topological polar surface area (TPSA) is 68.6 Å². The van der Waals surface area contributed by atoms with E-state index in [0.717, 1.165) is 63.1 Å². The summed E-state index contributed by atoms with van der Waals surface area (Å²) in [6.45, 7) is 2.35. The third-order valence-electron chi connectivity index (χ3n) is 7.18. The largest absolute Gasteiger partial charge is 0.489 e. The minimum absolute atomic E-state index is 0.630. The molecule has 0 amide bonds. The predicted octanol–water partition coefficient (Wildman–Crippen LogP) is 7.37. The number of aromatic nitrogens is 3. The first-order valence-corrected chi connectivity index (χ1v) is 12.8. The smallest absolute Gasteiger partial charge is 0.167 e. The highest BCUT2D eigenvalue weighted by atomic mass is 35.5. The van der Waals surface area contributed by atoms with Crippen molar-refractivity contribution in [3.63, 3.8) is 0 Å². The van der Waals surface area contributed by atoms with Gasteiger partial charge in [-0.2, -0.15) is 0 Å². The highest BCUT2D eigenvalue weighted by Crippen LogP contribution is 2.44. The second-order valence-corrected chi connectivity index (χ2v) is 10.1. The van der Waals surface area contributed by atoms with Crippen LogP contribution in [0.1, 0.15) is 36.4 Å². The average Bonchev–Trinajstić information content (AvgIpc) is 3.30. The van der Waals surface area contributed by atoms with Gasteiger partial charge in [-0.15, -0.1) is 0 Å². The molecule has 0 radical (unpaired) electrons. The first-order valence-electron chi connectivity index (χ1n) is 12.4. The van der Waals surface area contributed by atoms with Crippen LogP contribution in [-0.4, -0.2) is 28.1 Å². The first-order chi connectivity index (χ1) is 17.2. The van der Waals surface area contributed by atoms with Crippen LogP contribution in [0.25, 0.3) is 43.6 Å². The number of rotatable bonds is 8. The highest BCUT2D eigenvalue weighted by molar-refractivity contribution is 6.32. The van der Waals surface area contributed by atoms with E-state index in [0.29, 0.717) is 12.5 Å². The van der Waals surface area contributed by atoms with Crippen molar-refractivity contribution in [3.05, 3.63) is 77.1 Å². The molecule has 0 unspecified atom stereocenters. The molecule has 3 aromatic carbocycles. The van der Waals surface area contributed by atoms with Crippen LogP contribution in [0.15, 0.2) is 60.8 Å². The lowest BCUT2D eigenvalue weighted by atomic mass is 10.0. The minimum Gasteiger partial charge on any atom is -0.489 e. The van der Waals surface area contributed by atoms with Gasteiger partial charge in [0.2, 0.25) is 0 Å². The maximum Gasteiger partial charge on any atom is 0.167 e. The van der Waals surface area contributed by atoms with Gasteiger partial charge in [-0.25, -0.2) is 0 Å². The Labute approximate surface area is 207 Å². The van der Waals surface area contributed by atoms with Gasteiger partial charge < -0.3 is 25.0 Å². The lowest BCUT2D eigenvalue weighted by Crippen LogP contribution is -2.17. The van der Waals surface area contributed by atoms with Gasteiger partial charge in [-0.1, -0.05) is 17.7 Å². The van der Waals surface area contributed by atoms with E-state index >= 15 is 0 Å². The number of H-pyrrole nitrogens is 3. The van der Waals surface area contributed by atoms with Crippen LogP contribution < -0.4 is 10.1 Å². The summed E-state index contributed by atoms with van der Waals surface area (Å²) >= 11 is 6.38. The zero-order valence-electron chi connectivity index (χ0n) is 19.4. The molecular formula is C29H27ClN4O. The van der Waals surface area contributed by atoms with Gasteiger partial charge in [0.1, 0.15) is 0 Å². The molecule has 6 aromatic rings. The van der Waals surface area contributed by atoms with E-state index in [1.165, 1.54) is 34.9 Å². The maximum atomic E-state index is 6.51. The van der Waals surface area contributed by atoms with Gasteiger partial charge in [0.25, 0.3) is 0 Å². The highest BCUT2D eigenvalue weighted by Gasteiger charge is 2.24. The lowest BCUT2D eigenvalue weighted by Gasteiger charge is -2.10. The molecule has 1 aliphatic carbocycles. The van der Waals surface area contributed by atoms with Crippen LogP contribution in [0, 0.1) is 0 Å². The summed E-state index contributed by atoms with van der Waals surface area (Å²) in [7, 11) is 0. The van der Waals surface area contributed by atoms with E-state index in [1.807, 2.05) is 30.5 Å². The van der Waals surface area contributed by atoms with Crippen molar-refractivity contribution in [2.24, 2.45) is 0 Å². The van der Waals surface area contributed by atoms with Gasteiger partial charge in [0, 0.05) is 56.0 Å². The number of ether oxygens (including phenoxy) is 1. The zero-order valence-corrected chi connectivity index (χ0v) is 20.1. The monoisotopic (exact) mass is 482 g/mol. The Morgan fingerprint density at radius 3 is 2.40 bits per heavy atom. The fraction of sp³-hybridized carbons (Fsp3) is 0.241. The summed E-state index contributed by atoms with van der Waals surface area (Å²) < 4.78 is 6.51. The molecule has 6 heteroatoms. The molecule has 1 fully saturated rings. The van der Waals surface area contributed by atoms with E-state index in [2.05, 4.69) is 50.6 Å². The Bertz CT molecular complexity index is 1670. The van der Waals surface area contributed by atoms with Gasteiger partial charge in [-0.3, -0.25) is 0 Å². The van der Waals surface area contributed by atoms with Crippen molar-refractivity contribution in [2.75, 3.05) is 13.2 Å². The molecule has 3 heterocycles. The number of fused-ring (bicyclic) bond motifs is 6. The van der Waals surface area contributed by atoms with Crippen molar-refractivity contribution in [1.29, 1.82) is 0 Å². The van der Waals surface area contributed by atoms with E-state index in [4.69, 9.17) is 16.3 Å². The SMILES string of the molecule is Clc1ccc2[nH]c3c(OCCCNCc4ccc[nH]4)c4[nH]c5ccc(C6CC6)cc5c4cc3c2c1. The Morgan fingerprint density at radius 2 is 1.66 bits per heavy atom. The quantitative estimate of drug-likeness (QED) is 0.171. The molecule has 7 rings (SSSR count). The van der Waals surface area contributed by atoms with Crippen LogP contribution in [0.5, 0.6) is 5.75 Å². The molecule has 0 bridgehead atoms. The van der Waals surface area contributed by atoms with Crippen molar-refractivity contribution < 1.29 is 4.74 Å². The second kappa shape index (κ2) is 8.36. The maximum absolute atomic E-state index is 6.51. The third kappa shape index (κ3) is 3.76. The second-order valence-electron chi connectivity index (χ2n) is 9.64. The van der Waals surface area contributed by atoms with Gasteiger partial charge in [0.15, 0.2) is 5.75 Å². The number of benzene rings is 3. The lowest BCUT2D eigenvalue weighted by molar-refractivity contribution is 0.314. The number of nitrogens with one attached hydrogen (secondary N) is 4. The van der Waals surface area contributed by atoms with Crippen LogP contribution in [-0.2, 0) is 6.54 Å². The predicted molar refractivity (Wildman–Crippen MR) is 145 cm³/mol. The summed E-state index contributed by atoms with van der Waals surface area (Å²) in [5.41, 5.74) is 6.92. The molecule has 176 valence electrons. The number of hydrogen-bond acceptors (Lipinski definition) is 2. The van der Waals surface area contributed by atoms with Gasteiger partial charge in [0.05, 0.1) is 17.6 Å². The van der Waals surface area contributed by atoms with E-state index in [9.17, 15) is 0 Å². The Morgan fingerprint density at radius 1 is 0.886 bits per heavy atom. The van der Waals surface area contributed by atoms with Crippen LogP contribution >= 0.6 is 11.6 Å². The average molecular weight is 483 g/mol. The normalized spacial score (nSPS) is 14.1. The molecule has 0 atom stereocenters. The van der Waals surface area contributed by atoms with Gasteiger partial charge >= 0.3 is 0 Å². The minimum atomic E-state index is 0.630. The van der Waals surface area contributed by atoms with E-state index in [-0.39, 0.29) is 0 Å². The van der Waals surface area contributed by atoms with Crippen LogP contribution in [0.2, 0.25) is 5.02 Å². The van der Waals surface area contributed by atoms with E-state index < -0.39 is 0 Å². The van der Waals surface area contributed by atoms with Crippen molar-refractivity contribution >= 4 is 55.2 Å². The van der Waals surface area contributed by atoms with E-state index in [1.54, 1.807) is 0 Å². The third-order valence-corrected chi connectivity index (χ3v) is 7.41. The number of hydrogen-bond donors (Lipinski definition) is 4. The van der Waals surface area contributed by atoms with Gasteiger partial charge in [-0.05, 0) is 85.8 Å². The zero-order chi connectivity index (χ0) is 23.4. The van der Waals surface area contributed by atoms with Crippen LogP contribution in [0.4, 0.5) is 0 Å². The Balaban J connectivity index is 1.27. The molecule has 35 heavy (non-hydrogen) atoms. The fourth-order valence-corrected chi connectivity index (χ4v) is 5.40. The molecule has 1 aliphatic rings. The molecule has 1 saturated carbocycles. The Hall–Kier alpha value is -3.41. The molecular weight excluding hydrogens is 456 g/mol. The van der Waals surface area contributed by atoms with Crippen molar-refractivity contribution in [2.45, 2.75) is 31.7 Å². The Kier molecular flexibility index (Phi) is 5.00. The summed E-state index contributed by atoms with van der Waals surface area (Å²) in [5.74, 6) is 1.60. The summed E-state index contributed by atoms with van der Waals surface area (Å²) in [6.07, 6.45) is 5.46.